The SMILES string of the molecule is N=c1c2cnn(-c3ccc4c(c3)OCCO4)c2ncn1N. The molecule has 0 atom stereocenters. The number of nitrogens with one attached hydrogen (secondary N) is 1. The van der Waals surface area contributed by atoms with Gasteiger partial charge in [0.25, 0.3) is 0 Å². The molecule has 8 heteroatoms. The van der Waals surface area contributed by atoms with Crippen LogP contribution in [0.5, 0.6) is 11.5 Å². The van der Waals surface area contributed by atoms with Crippen LogP contribution in [0.15, 0.2) is 30.7 Å². The fraction of sp³-hybridized carbons (Fsp3) is 0.154. The normalized spacial score (nSPS) is 13.5. The standard InChI is InChI=1S/C13H12N6O2/c14-12-9-6-17-19(13(9)16-7-18(12)15)8-1-2-10-11(5-8)21-4-3-20-10/h1-2,5-7,14H,3-4,15H2. The molecule has 8 nitrogen and oxygen atoms in total. The van der Waals surface area contributed by atoms with Gasteiger partial charge in [-0.2, -0.15) is 5.10 Å². The highest BCUT2D eigenvalue weighted by Gasteiger charge is 2.15. The Balaban J connectivity index is 1.91. The Labute approximate surface area is 118 Å². The lowest BCUT2D eigenvalue weighted by Gasteiger charge is -2.18. The van der Waals surface area contributed by atoms with Crippen LogP contribution < -0.4 is 20.8 Å². The molecule has 0 saturated heterocycles. The number of ether oxygens (including phenoxy) is 2. The number of benzene rings is 1. The predicted molar refractivity (Wildman–Crippen MR) is 73.9 cm³/mol. The highest BCUT2D eigenvalue weighted by molar-refractivity contribution is 5.74. The van der Waals surface area contributed by atoms with Crippen molar-refractivity contribution in [3.05, 3.63) is 36.2 Å². The van der Waals surface area contributed by atoms with Crippen molar-refractivity contribution in [3.8, 4) is 17.2 Å². The molecule has 0 amide bonds. The van der Waals surface area contributed by atoms with Gasteiger partial charge in [-0.25, -0.2) is 14.3 Å². The molecular weight excluding hydrogens is 272 g/mol. The second-order valence-corrected chi connectivity index (χ2v) is 4.62. The zero-order valence-corrected chi connectivity index (χ0v) is 11.0. The van der Waals surface area contributed by atoms with Gasteiger partial charge in [-0.3, -0.25) is 5.41 Å². The molecule has 1 aliphatic heterocycles. The van der Waals surface area contributed by atoms with Crippen molar-refractivity contribution in [3.63, 3.8) is 0 Å². The molecule has 0 unspecified atom stereocenters. The predicted octanol–water partition coefficient (Wildman–Crippen LogP) is 0.186. The summed E-state index contributed by atoms with van der Waals surface area (Å²) in [6.07, 6.45) is 2.96. The second kappa shape index (κ2) is 4.23. The average Bonchev–Trinajstić information content (AvgIpc) is 2.95. The van der Waals surface area contributed by atoms with E-state index in [-0.39, 0.29) is 5.49 Å². The van der Waals surface area contributed by atoms with Crippen molar-refractivity contribution in [1.29, 1.82) is 5.41 Å². The molecular formula is C13H12N6O2. The zero-order valence-electron chi connectivity index (χ0n) is 11.0. The van der Waals surface area contributed by atoms with E-state index in [0.29, 0.717) is 30.0 Å². The van der Waals surface area contributed by atoms with Gasteiger partial charge in [-0.1, -0.05) is 0 Å². The van der Waals surface area contributed by atoms with Gasteiger partial charge in [0.15, 0.2) is 22.6 Å². The summed E-state index contributed by atoms with van der Waals surface area (Å²) >= 11 is 0. The summed E-state index contributed by atoms with van der Waals surface area (Å²) in [7, 11) is 0. The molecule has 1 aliphatic rings. The summed E-state index contributed by atoms with van der Waals surface area (Å²) in [5.74, 6) is 7.02. The summed E-state index contributed by atoms with van der Waals surface area (Å²) in [6.45, 7) is 1.08. The highest BCUT2D eigenvalue weighted by atomic mass is 16.6. The Kier molecular flexibility index (Phi) is 2.37. The minimum absolute atomic E-state index is 0.156. The third kappa shape index (κ3) is 1.72. The van der Waals surface area contributed by atoms with Crippen molar-refractivity contribution in [2.75, 3.05) is 19.1 Å². The van der Waals surface area contributed by atoms with E-state index in [1.165, 1.54) is 6.33 Å². The van der Waals surface area contributed by atoms with E-state index >= 15 is 0 Å². The Morgan fingerprint density at radius 1 is 1.19 bits per heavy atom. The molecule has 106 valence electrons. The number of nitrogen functional groups attached to an aromatic ring is 1. The molecule has 4 rings (SSSR count). The van der Waals surface area contributed by atoms with E-state index < -0.39 is 0 Å². The van der Waals surface area contributed by atoms with Gasteiger partial charge in [0.1, 0.15) is 19.5 Å². The fourth-order valence-corrected chi connectivity index (χ4v) is 2.30. The van der Waals surface area contributed by atoms with Crippen molar-refractivity contribution >= 4 is 11.0 Å². The Morgan fingerprint density at radius 2 is 2.00 bits per heavy atom. The van der Waals surface area contributed by atoms with Gasteiger partial charge in [-0.05, 0) is 12.1 Å². The Bertz CT molecular complexity index is 897. The van der Waals surface area contributed by atoms with Crippen LogP contribution in [0.4, 0.5) is 0 Å². The summed E-state index contributed by atoms with van der Waals surface area (Å²) in [4.78, 5) is 4.24. The van der Waals surface area contributed by atoms with Crippen molar-refractivity contribution in [1.82, 2.24) is 19.4 Å². The van der Waals surface area contributed by atoms with Crippen LogP contribution in [-0.2, 0) is 0 Å². The summed E-state index contributed by atoms with van der Waals surface area (Å²) < 4.78 is 13.9. The first-order chi connectivity index (χ1) is 10.2. The van der Waals surface area contributed by atoms with Gasteiger partial charge in [0.2, 0.25) is 0 Å². The van der Waals surface area contributed by atoms with Crippen LogP contribution in [-0.4, -0.2) is 32.7 Å². The number of fused-ring (bicyclic) bond motifs is 2. The molecule has 0 saturated carbocycles. The van der Waals surface area contributed by atoms with Crippen molar-refractivity contribution in [2.45, 2.75) is 0 Å². The van der Waals surface area contributed by atoms with E-state index in [1.807, 2.05) is 18.2 Å². The van der Waals surface area contributed by atoms with Crippen molar-refractivity contribution < 1.29 is 9.47 Å². The minimum Gasteiger partial charge on any atom is -0.486 e. The van der Waals surface area contributed by atoms with Crippen LogP contribution in [0, 0.1) is 5.41 Å². The lowest BCUT2D eigenvalue weighted by atomic mass is 10.2. The fourth-order valence-electron chi connectivity index (χ4n) is 2.30. The maximum absolute atomic E-state index is 7.92. The molecule has 3 aromatic rings. The van der Waals surface area contributed by atoms with Gasteiger partial charge >= 0.3 is 0 Å². The van der Waals surface area contributed by atoms with E-state index in [2.05, 4.69) is 10.1 Å². The lowest BCUT2D eigenvalue weighted by molar-refractivity contribution is 0.171. The number of rotatable bonds is 1. The van der Waals surface area contributed by atoms with E-state index in [9.17, 15) is 0 Å². The molecule has 3 N–H and O–H groups in total. The van der Waals surface area contributed by atoms with Gasteiger partial charge in [0, 0.05) is 6.07 Å². The number of nitrogens with two attached hydrogens (primary N) is 1. The summed E-state index contributed by atoms with van der Waals surface area (Å²) in [5.41, 5.74) is 1.51. The zero-order chi connectivity index (χ0) is 14.4. The largest absolute Gasteiger partial charge is 0.486 e. The molecule has 2 aromatic heterocycles. The minimum atomic E-state index is 0.156. The van der Waals surface area contributed by atoms with Crippen LogP contribution in [0.25, 0.3) is 16.7 Å². The molecule has 21 heavy (non-hydrogen) atoms. The Hall–Kier alpha value is -3.03. The van der Waals surface area contributed by atoms with Gasteiger partial charge in [0.05, 0.1) is 17.3 Å². The number of hydrogen-bond acceptors (Lipinski definition) is 6. The van der Waals surface area contributed by atoms with Crippen LogP contribution in [0.1, 0.15) is 0 Å². The molecule has 0 radical (unpaired) electrons. The first kappa shape index (κ1) is 11.8. The summed E-state index contributed by atoms with van der Waals surface area (Å²) in [5, 5.41) is 12.8. The van der Waals surface area contributed by atoms with E-state index in [4.69, 9.17) is 20.7 Å². The first-order valence-electron chi connectivity index (χ1n) is 6.39. The van der Waals surface area contributed by atoms with E-state index in [1.54, 1.807) is 10.9 Å². The quantitative estimate of drug-likeness (QED) is 0.621. The number of aromatic nitrogens is 4. The maximum atomic E-state index is 7.92. The van der Waals surface area contributed by atoms with Crippen LogP contribution in [0.3, 0.4) is 0 Å². The van der Waals surface area contributed by atoms with E-state index in [0.717, 1.165) is 16.1 Å². The number of nitrogens with zero attached hydrogens (tertiary/aromatic N) is 4. The summed E-state index contributed by atoms with van der Waals surface area (Å²) in [6, 6.07) is 5.55. The highest BCUT2D eigenvalue weighted by Crippen LogP contribution is 2.32. The number of hydrogen-bond donors (Lipinski definition) is 2. The molecule has 1 aromatic carbocycles. The molecule has 0 aliphatic carbocycles. The lowest BCUT2D eigenvalue weighted by Crippen LogP contribution is -2.27. The molecule has 0 bridgehead atoms. The smallest absolute Gasteiger partial charge is 0.168 e. The van der Waals surface area contributed by atoms with Crippen molar-refractivity contribution in [2.24, 2.45) is 0 Å². The topological polar surface area (TPSA) is 104 Å². The molecule has 0 spiro atoms. The monoisotopic (exact) mass is 284 g/mol. The van der Waals surface area contributed by atoms with Gasteiger partial charge < -0.3 is 15.3 Å². The third-order valence-electron chi connectivity index (χ3n) is 3.33. The molecule has 0 fully saturated rings. The third-order valence-corrected chi connectivity index (χ3v) is 3.33. The van der Waals surface area contributed by atoms with Crippen LogP contribution >= 0.6 is 0 Å². The van der Waals surface area contributed by atoms with Gasteiger partial charge in [-0.15, -0.1) is 0 Å². The molecule has 3 heterocycles. The van der Waals surface area contributed by atoms with Crippen LogP contribution in [0.2, 0.25) is 0 Å². The maximum Gasteiger partial charge on any atom is 0.168 e. The average molecular weight is 284 g/mol. The second-order valence-electron chi connectivity index (χ2n) is 4.62. The Morgan fingerprint density at radius 3 is 2.86 bits per heavy atom. The first-order valence-corrected chi connectivity index (χ1v) is 6.39.